The van der Waals surface area contributed by atoms with Gasteiger partial charge in [0.05, 0.1) is 17.0 Å². The summed E-state index contributed by atoms with van der Waals surface area (Å²) in [7, 11) is -3.21. The Kier molecular flexibility index (Phi) is 9.15. The van der Waals surface area contributed by atoms with Gasteiger partial charge in [-0.05, 0) is 70.5 Å². The molecular weight excluding hydrogens is 583 g/mol. The molecule has 10 heteroatoms. The fourth-order valence-corrected chi connectivity index (χ4v) is 6.78. The standard InChI is InChI=1S/C33H39NO7SSi/c1-20(19-39-43-28-11-9-10-25(32(2,3)4)29(28)33(5,6)7)40-27-18-23(16-21-17-26(31(35)36)34-30(21)27)41-22-12-14-24(15-13-22)42(8,37)38/h9-18,20,34H,19H2,1-8H3,(H,35,36). The Morgan fingerprint density at radius 2 is 1.63 bits per heavy atom. The monoisotopic (exact) mass is 621 g/mol. The molecule has 1 atom stereocenters. The number of H-pyrrole nitrogens is 1. The lowest BCUT2D eigenvalue weighted by Gasteiger charge is -2.32. The van der Waals surface area contributed by atoms with E-state index in [0.717, 1.165) is 6.26 Å². The number of aromatic carboxylic acids is 1. The molecule has 0 bridgehead atoms. The molecule has 0 fully saturated rings. The van der Waals surface area contributed by atoms with Gasteiger partial charge in [0.1, 0.15) is 29.0 Å². The van der Waals surface area contributed by atoms with Crippen LogP contribution < -0.4 is 14.7 Å². The van der Waals surface area contributed by atoms with Crippen molar-refractivity contribution in [1.82, 2.24) is 4.98 Å². The molecule has 228 valence electrons. The lowest BCUT2D eigenvalue weighted by Crippen LogP contribution is -2.35. The Balaban J connectivity index is 1.55. The molecule has 2 radical (unpaired) electrons. The first-order valence-electron chi connectivity index (χ1n) is 14.0. The third kappa shape index (κ3) is 7.87. The van der Waals surface area contributed by atoms with E-state index in [1.807, 2.05) is 6.92 Å². The van der Waals surface area contributed by atoms with Gasteiger partial charge in [0.2, 0.25) is 0 Å². The quantitative estimate of drug-likeness (QED) is 0.197. The molecule has 0 saturated carbocycles. The number of aromatic amines is 1. The third-order valence-electron chi connectivity index (χ3n) is 6.83. The van der Waals surface area contributed by atoms with Crippen molar-refractivity contribution in [3.05, 3.63) is 77.5 Å². The van der Waals surface area contributed by atoms with Crippen molar-refractivity contribution >= 4 is 41.7 Å². The second kappa shape index (κ2) is 12.2. The first kappa shape index (κ1) is 32.3. The van der Waals surface area contributed by atoms with Crippen molar-refractivity contribution in [1.29, 1.82) is 0 Å². The number of hydrogen-bond donors (Lipinski definition) is 2. The maximum atomic E-state index is 11.8. The highest BCUT2D eigenvalue weighted by Gasteiger charge is 2.28. The molecule has 2 N–H and O–H groups in total. The molecule has 43 heavy (non-hydrogen) atoms. The number of fused-ring (bicyclic) bond motifs is 1. The van der Waals surface area contributed by atoms with Gasteiger partial charge >= 0.3 is 5.97 Å². The molecule has 0 aliphatic heterocycles. The zero-order chi connectivity index (χ0) is 31.7. The summed E-state index contributed by atoms with van der Waals surface area (Å²) in [6.45, 7) is 15.5. The number of hydrogen-bond acceptors (Lipinski definition) is 6. The van der Waals surface area contributed by atoms with Crippen LogP contribution in [0.2, 0.25) is 0 Å². The molecule has 1 unspecified atom stereocenters. The number of nitrogens with one attached hydrogen (secondary N) is 1. The molecule has 0 spiro atoms. The van der Waals surface area contributed by atoms with Crippen LogP contribution in [-0.2, 0) is 25.1 Å². The summed E-state index contributed by atoms with van der Waals surface area (Å²) in [5.41, 5.74) is 3.11. The summed E-state index contributed by atoms with van der Waals surface area (Å²) in [5, 5.41) is 11.3. The zero-order valence-electron chi connectivity index (χ0n) is 25.9. The summed E-state index contributed by atoms with van der Waals surface area (Å²) in [6.07, 6.45) is 0.782. The van der Waals surface area contributed by atoms with Crippen LogP contribution in [0.1, 0.15) is 70.1 Å². The van der Waals surface area contributed by atoms with Crippen LogP contribution in [0.3, 0.4) is 0 Å². The van der Waals surface area contributed by atoms with Crippen LogP contribution in [0.4, 0.5) is 0 Å². The molecule has 3 aromatic carbocycles. The van der Waals surface area contributed by atoms with E-state index in [2.05, 4.69) is 64.7 Å². The Bertz CT molecular complexity index is 1730. The molecule has 0 aliphatic carbocycles. The Labute approximate surface area is 256 Å². The molecule has 1 heterocycles. The number of carboxylic acids is 1. The van der Waals surface area contributed by atoms with Crippen LogP contribution in [-0.4, -0.2) is 53.2 Å². The fourth-order valence-electron chi connectivity index (χ4n) is 4.90. The predicted octanol–water partition coefficient (Wildman–Crippen LogP) is 6.39. The zero-order valence-corrected chi connectivity index (χ0v) is 27.7. The molecule has 4 rings (SSSR count). The first-order chi connectivity index (χ1) is 19.9. The van der Waals surface area contributed by atoms with Crippen molar-refractivity contribution in [3.63, 3.8) is 0 Å². The maximum Gasteiger partial charge on any atom is 0.352 e. The minimum atomic E-state index is -3.34. The van der Waals surface area contributed by atoms with Crippen molar-refractivity contribution < 1.29 is 32.2 Å². The van der Waals surface area contributed by atoms with Gasteiger partial charge in [-0.1, -0.05) is 59.7 Å². The summed E-state index contributed by atoms with van der Waals surface area (Å²) in [5.74, 6) is 0.161. The van der Waals surface area contributed by atoms with Crippen LogP contribution in [0, 0.1) is 0 Å². The summed E-state index contributed by atoms with van der Waals surface area (Å²) in [4.78, 5) is 14.8. The largest absolute Gasteiger partial charge is 0.486 e. The number of aromatic nitrogens is 1. The molecule has 8 nitrogen and oxygen atoms in total. The highest BCUT2D eigenvalue weighted by molar-refractivity contribution is 7.90. The van der Waals surface area contributed by atoms with E-state index in [1.165, 1.54) is 34.5 Å². The Morgan fingerprint density at radius 1 is 0.953 bits per heavy atom. The highest BCUT2D eigenvalue weighted by atomic mass is 32.2. The highest BCUT2D eigenvalue weighted by Crippen LogP contribution is 2.35. The maximum absolute atomic E-state index is 11.8. The van der Waals surface area contributed by atoms with Crippen molar-refractivity contribution in [2.75, 3.05) is 12.9 Å². The number of sulfone groups is 1. The van der Waals surface area contributed by atoms with Crippen molar-refractivity contribution in [2.45, 2.75) is 70.3 Å². The Morgan fingerprint density at radius 3 is 2.21 bits per heavy atom. The second-order valence-electron chi connectivity index (χ2n) is 12.8. The van der Waals surface area contributed by atoms with Crippen LogP contribution in [0.5, 0.6) is 17.2 Å². The number of carbonyl (C=O) groups is 1. The van der Waals surface area contributed by atoms with Gasteiger partial charge in [-0.15, -0.1) is 0 Å². The number of ether oxygens (including phenoxy) is 2. The normalized spacial score (nSPS) is 13.2. The molecule has 0 saturated heterocycles. The van der Waals surface area contributed by atoms with Crippen LogP contribution >= 0.6 is 0 Å². The SMILES string of the molecule is CC(CO[Si]c1cccc(C(C)(C)C)c1C(C)(C)C)Oc1cc(Oc2ccc(S(C)(=O)=O)cc2)cc2cc(C(=O)O)[nH]c12. The van der Waals surface area contributed by atoms with Gasteiger partial charge in [0, 0.05) is 17.7 Å². The predicted molar refractivity (Wildman–Crippen MR) is 170 cm³/mol. The smallest absolute Gasteiger partial charge is 0.352 e. The minimum Gasteiger partial charge on any atom is -0.486 e. The van der Waals surface area contributed by atoms with Gasteiger partial charge in [-0.3, -0.25) is 0 Å². The van der Waals surface area contributed by atoms with Crippen LogP contribution in [0.25, 0.3) is 10.9 Å². The van der Waals surface area contributed by atoms with Gasteiger partial charge in [-0.2, -0.15) is 0 Å². The summed E-state index contributed by atoms with van der Waals surface area (Å²) in [6, 6.07) is 17.4. The van der Waals surface area contributed by atoms with Crippen molar-refractivity contribution in [3.8, 4) is 17.2 Å². The lowest BCUT2D eigenvalue weighted by molar-refractivity contribution is 0.0691. The van der Waals surface area contributed by atoms with E-state index in [4.69, 9.17) is 13.9 Å². The third-order valence-corrected chi connectivity index (χ3v) is 8.91. The van der Waals surface area contributed by atoms with Gasteiger partial charge in [0.25, 0.3) is 9.76 Å². The average molecular weight is 622 g/mol. The molecule has 4 aromatic rings. The molecule has 0 aliphatic rings. The topological polar surface area (TPSA) is 115 Å². The molecular formula is C33H39NO7SSi. The van der Waals surface area contributed by atoms with Gasteiger partial charge in [-0.25, -0.2) is 13.2 Å². The van der Waals surface area contributed by atoms with E-state index < -0.39 is 15.8 Å². The number of rotatable bonds is 10. The first-order valence-corrected chi connectivity index (χ1v) is 16.8. The number of benzene rings is 3. The van der Waals surface area contributed by atoms with Crippen molar-refractivity contribution in [2.24, 2.45) is 0 Å². The van der Waals surface area contributed by atoms with Gasteiger partial charge in [0.15, 0.2) is 9.84 Å². The van der Waals surface area contributed by atoms with E-state index in [-0.39, 0.29) is 37.3 Å². The molecule has 0 amide bonds. The summed E-state index contributed by atoms with van der Waals surface area (Å²) >= 11 is 0. The lowest BCUT2D eigenvalue weighted by atomic mass is 9.75. The van der Waals surface area contributed by atoms with E-state index >= 15 is 0 Å². The summed E-state index contributed by atoms with van der Waals surface area (Å²) < 4.78 is 42.1. The molecule has 1 aromatic heterocycles. The van der Waals surface area contributed by atoms with Crippen LogP contribution in [0.15, 0.2) is 65.6 Å². The van der Waals surface area contributed by atoms with E-state index in [9.17, 15) is 18.3 Å². The fraction of sp³-hybridized carbons (Fsp3) is 0.364. The second-order valence-corrected chi connectivity index (χ2v) is 15.8. The van der Waals surface area contributed by atoms with E-state index in [0.29, 0.717) is 34.8 Å². The Hall–Kier alpha value is -3.60. The number of carboxylic acid groups (broad SMARTS) is 1. The van der Waals surface area contributed by atoms with E-state index in [1.54, 1.807) is 24.3 Å². The average Bonchev–Trinajstić information content (AvgIpc) is 3.32. The minimum absolute atomic E-state index is 0.00143. The van der Waals surface area contributed by atoms with Gasteiger partial charge < -0.3 is 24.0 Å².